The van der Waals surface area contributed by atoms with Gasteiger partial charge >= 0.3 is 5.97 Å². The van der Waals surface area contributed by atoms with Crippen LogP contribution in [0.1, 0.15) is 323 Å². The van der Waals surface area contributed by atoms with Crippen LogP contribution in [0.4, 0.5) is 0 Å². The zero-order chi connectivity index (χ0) is 49.5. The topological polar surface area (TPSA) is 95.9 Å². The summed E-state index contributed by atoms with van der Waals surface area (Å²) in [4.78, 5) is 26.3. The molecular weight excluding hydrogens is 839 g/mol. The number of aliphatic hydroxyl groups excluding tert-OH is 2. The van der Waals surface area contributed by atoms with Gasteiger partial charge < -0.3 is 20.3 Å². The zero-order valence-corrected chi connectivity index (χ0v) is 45.8. The first-order valence-electron chi connectivity index (χ1n) is 30.2. The van der Waals surface area contributed by atoms with Crippen molar-refractivity contribution >= 4 is 11.9 Å². The van der Waals surface area contributed by atoms with Crippen LogP contribution in [0.5, 0.6) is 0 Å². The van der Waals surface area contributed by atoms with Gasteiger partial charge in [0.15, 0.2) is 0 Å². The maximum absolute atomic E-state index is 13.3. The first kappa shape index (κ1) is 66.1. The molecule has 3 N–H and O–H groups in total. The third-order valence-corrected chi connectivity index (χ3v) is 14.0. The highest BCUT2D eigenvalue weighted by atomic mass is 16.5. The summed E-state index contributed by atoms with van der Waals surface area (Å²) in [6, 6.07) is -0.702. The molecule has 3 unspecified atom stereocenters. The van der Waals surface area contributed by atoms with E-state index in [1.54, 1.807) is 0 Å². The molecular formula is C62H117NO5. The minimum Gasteiger partial charge on any atom is -0.462 e. The molecule has 6 heteroatoms. The Morgan fingerprint density at radius 3 is 1.16 bits per heavy atom. The number of amides is 1. The van der Waals surface area contributed by atoms with Crippen LogP contribution in [0.3, 0.4) is 0 Å². The number of carbonyl (C=O) groups excluding carboxylic acids is 2. The summed E-state index contributed by atoms with van der Waals surface area (Å²) in [5, 5.41) is 23.9. The van der Waals surface area contributed by atoms with Crippen LogP contribution in [0, 0.1) is 0 Å². The zero-order valence-electron chi connectivity index (χ0n) is 45.8. The van der Waals surface area contributed by atoms with Crippen molar-refractivity contribution in [3.05, 3.63) is 36.5 Å². The lowest BCUT2D eigenvalue weighted by Gasteiger charge is -2.24. The summed E-state index contributed by atoms with van der Waals surface area (Å²) in [5.41, 5.74) is 0. The standard InChI is InChI=1S/C62H117NO5/c1-4-7-10-13-16-19-22-25-28-30-31-32-34-37-40-43-46-49-52-55-62(67)68-58(53-50-47-44-41-38-35-27-24-21-18-15-12-9-6-3)56-61(66)63-59(57-64)60(65)54-51-48-45-42-39-36-33-29-26-23-20-17-14-11-8-5-2/h16,19,25,28,31-32,58-60,64-65H,4-15,17-18,20-24,26-27,29-30,33-57H2,1-3H3,(H,63,66)/b19-16-,28-25-,32-31-. The van der Waals surface area contributed by atoms with Crippen LogP contribution in [0.15, 0.2) is 36.5 Å². The lowest BCUT2D eigenvalue weighted by Crippen LogP contribution is -2.46. The molecule has 0 saturated carbocycles. The summed E-state index contributed by atoms with van der Waals surface area (Å²) in [6.07, 6.45) is 67.8. The molecule has 0 aliphatic rings. The van der Waals surface area contributed by atoms with Gasteiger partial charge in [0.25, 0.3) is 0 Å². The van der Waals surface area contributed by atoms with Gasteiger partial charge in [-0.2, -0.15) is 0 Å². The van der Waals surface area contributed by atoms with Gasteiger partial charge in [-0.15, -0.1) is 0 Å². The number of hydrogen-bond donors (Lipinski definition) is 3. The van der Waals surface area contributed by atoms with E-state index >= 15 is 0 Å². The normalized spacial score (nSPS) is 13.3. The molecule has 0 rings (SSSR count). The molecule has 6 nitrogen and oxygen atoms in total. The monoisotopic (exact) mass is 956 g/mol. The molecule has 0 spiro atoms. The Kier molecular flexibility index (Phi) is 54.4. The van der Waals surface area contributed by atoms with Gasteiger partial charge in [-0.05, 0) is 64.2 Å². The van der Waals surface area contributed by atoms with E-state index < -0.39 is 18.2 Å². The van der Waals surface area contributed by atoms with Crippen molar-refractivity contribution in [2.45, 2.75) is 341 Å². The summed E-state index contributed by atoms with van der Waals surface area (Å²) >= 11 is 0. The van der Waals surface area contributed by atoms with Crippen molar-refractivity contribution < 1.29 is 24.5 Å². The third-order valence-electron chi connectivity index (χ3n) is 14.0. The maximum atomic E-state index is 13.3. The molecule has 0 heterocycles. The number of allylic oxidation sites excluding steroid dienone is 6. The van der Waals surface area contributed by atoms with Crippen molar-refractivity contribution in [2.75, 3.05) is 6.61 Å². The minimum atomic E-state index is -0.788. The largest absolute Gasteiger partial charge is 0.462 e. The summed E-state index contributed by atoms with van der Waals surface area (Å²) in [6.45, 7) is 6.50. The van der Waals surface area contributed by atoms with Crippen LogP contribution in [-0.4, -0.2) is 46.9 Å². The summed E-state index contributed by atoms with van der Waals surface area (Å²) in [5.74, 6) is -0.469. The SMILES string of the molecule is CCCCC/C=C\C/C=C\C/C=C\CCCCCCCCC(=O)OC(CCCCCCCCCCCCCCCC)CC(=O)NC(CO)C(O)CCCCCCCCCCCCCCCCCC. The predicted octanol–water partition coefficient (Wildman–Crippen LogP) is 18.8. The van der Waals surface area contributed by atoms with Gasteiger partial charge in [-0.1, -0.05) is 282 Å². The van der Waals surface area contributed by atoms with Crippen molar-refractivity contribution in [3.8, 4) is 0 Å². The first-order valence-corrected chi connectivity index (χ1v) is 30.2. The third kappa shape index (κ3) is 50.5. The molecule has 1 amide bonds. The lowest BCUT2D eigenvalue weighted by molar-refractivity contribution is -0.151. The van der Waals surface area contributed by atoms with E-state index in [2.05, 4.69) is 62.5 Å². The van der Waals surface area contributed by atoms with Crippen LogP contribution in [0.25, 0.3) is 0 Å². The average Bonchev–Trinajstić information content (AvgIpc) is 3.33. The Balaban J connectivity index is 4.51. The van der Waals surface area contributed by atoms with Crippen molar-refractivity contribution in [1.82, 2.24) is 5.32 Å². The Morgan fingerprint density at radius 2 is 0.750 bits per heavy atom. The van der Waals surface area contributed by atoms with Crippen molar-refractivity contribution in [1.29, 1.82) is 0 Å². The molecule has 0 aliphatic heterocycles. The Bertz CT molecular complexity index is 1120. The molecule has 0 fully saturated rings. The number of hydrogen-bond acceptors (Lipinski definition) is 5. The summed E-state index contributed by atoms with van der Waals surface area (Å²) in [7, 11) is 0. The lowest BCUT2D eigenvalue weighted by atomic mass is 10.0. The van der Waals surface area contributed by atoms with Crippen molar-refractivity contribution in [3.63, 3.8) is 0 Å². The highest BCUT2D eigenvalue weighted by Crippen LogP contribution is 2.19. The molecule has 3 atom stereocenters. The number of esters is 1. The number of rotatable bonds is 55. The number of unbranched alkanes of at least 4 members (excludes halogenated alkanes) is 37. The molecule has 0 aromatic rings. The number of aliphatic hydroxyl groups is 2. The Hall–Kier alpha value is -1.92. The fourth-order valence-corrected chi connectivity index (χ4v) is 9.38. The molecule has 0 radical (unpaired) electrons. The molecule has 68 heavy (non-hydrogen) atoms. The minimum absolute atomic E-state index is 0.0771. The van der Waals surface area contributed by atoms with Crippen molar-refractivity contribution in [2.24, 2.45) is 0 Å². The Morgan fingerprint density at radius 1 is 0.426 bits per heavy atom. The Labute approximate surface area is 424 Å². The maximum Gasteiger partial charge on any atom is 0.306 e. The number of carbonyl (C=O) groups is 2. The molecule has 0 aromatic carbocycles. The molecule has 0 bridgehead atoms. The number of nitrogens with one attached hydrogen (secondary N) is 1. The van der Waals surface area contributed by atoms with Crippen LogP contribution >= 0.6 is 0 Å². The second-order valence-corrected chi connectivity index (χ2v) is 20.8. The van der Waals surface area contributed by atoms with Crippen LogP contribution < -0.4 is 5.32 Å². The predicted molar refractivity (Wildman–Crippen MR) is 296 cm³/mol. The fourth-order valence-electron chi connectivity index (χ4n) is 9.38. The van der Waals surface area contributed by atoms with E-state index in [9.17, 15) is 19.8 Å². The quantitative estimate of drug-likeness (QED) is 0.0321. The molecule has 400 valence electrons. The summed E-state index contributed by atoms with van der Waals surface area (Å²) < 4.78 is 5.97. The fraction of sp³-hybridized carbons (Fsp3) is 0.871. The first-order chi connectivity index (χ1) is 33.5. The molecule has 0 aliphatic carbocycles. The van der Waals surface area contributed by atoms with Gasteiger partial charge in [0.2, 0.25) is 5.91 Å². The van der Waals surface area contributed by atoms with Crippen LogP contribution in [0.2, 0.25) is 0 Å². The van der Waals surface area contributed by atoms with Gasteiger partial charge in [0, 0.05) is 6.42 Å². The molecule has 0 saturated heterocycles. The van der Waals surface area contributed by atoms with E-state index in [-0.39, 0.29) is 24.9 Å². The van der Waals surface area contributed by atoms with Crippen LogP contribution in [-0.2, 0) is 14.3 Å². The van der Waals surface area contributed by atoms with E-state index in [1.807, 2.05) is 0 Å². The van der Waals surface area contributed by atoms with Gasteiger partial charge in [-0.25, -0.2) is 0 Å². The van der Waals surface area contributed by atoms with E-state index in [4.69, 9.17) is 4.74 Å². The average molecular weight is 957 g/mol. The second kappa shape index (κ2) is 56.0. The number of ether oxygens (including phenoxy) is 1. The van der Waals surface area contributed by atoms with E-state index in [1.165, 1.54) is 212 Å². The second-order valence-electron chi connectivity index (χ2n) is 20.8. The van der Waals surface area contributed by atoms with Gasteiger partial charge in [-0.3, -0.25) is 9.59 Å². The van der Waals surface area contributed by atoms with Gasteiger partial charge in [0.1, 0.15) is 6.10 Å². The highest BCUT2D eigenvalue weighted by Gasteiger charge is 2.24. The van der Waals surface area contributed by atoms with E-state index in [0.29, 0.717) is 19.3 Å². The molecule has 0 aromatic heterocycles. The highest BCUT2D eigenvalue weighted by molar-refractivity contribution is 5.77. The smallest absolute Gasteiger partial charge is 0.306 e. The van der Waals surface area contributed by atoms with E-state index in [0.717, 1.165) is 64.2 Å². The van der Waals surface area contributed by atoms with Gasteiger partial charge in [0.05, 0.1) is 25.2 Å².